The summed E-state index contributed by atoms with van der Waals surface area (Å²) in [6.45, 7) is 9.56. The minimum atomic E-state index is -4.78. The number of anilines is 1. The number of hydrogen-bond acceptors (Lipinski definition) is 13. The van der Waals surface area contributed by atoms with Crippen LogP contribution in [0.15, 0.2) is 59.6 Å². The van der Waals surface area contributed by atoms with Crippen LogP contribution < -0.4 is 18.5 Å². The zero-order valence-electron chi connectivity index (χ0n) is 30.9. The number of nitrogens with zero attached hydrogens (tertiary/aromatic N) is 6. The molecule has 0 radical (unpaired) electrons. The van der Waals surface area contributed by atoms with Gasteiger partial charge in [0.25, 0.3) is 21.5 Å². The molecule has 0 spiro atoms. The van der Waals surface area contributed by atoms with E-state index in [0.29, 0.717) is 36.2 Å². The molecule has 16 nitrogen and oxygen atoms in total. The van der Waals surface area contributed by atoms with Gasteiger partial charge in [-0.3, -0.25) is 9.69 Å². The van der Waals surface area contributed by atoms with Crippen molar-refractivity contribution in [3.05, 3.63) is 71.4 Å². The van der Waals surface area contributed by atoms with Gasteiger partial charge in [0.2, 0.25) is 5.88 Å². The maximum atomic E-state index is 15.1. The number of hydrogen-bond donors (Lipinski definition) is 0. The SMILES string of the molecule is CCOc1ncccc1C1(OC(=O)N2CCN(C3CN(C(=O)OC(C)(C)C)C3)CC2)C(=O)N(S(=O)(=O)c2ccc(OC)cc2OC)c2ccc(C#N)cc21. The summed E-state index contributed by atoms with van der Waals surface area (Å²) in [5, 5.41) is 9.93. The smallest absolute Gasteiger partial charge is 0.411 e. The lowest BCUT2D eigenvalue weighted by Crippen LogP contribution is -2.65. The van der Waals surface area contributed by atoms with Crippen molar-refractivity contribution in [1.82, 2.24) is 19.7 Å². The summed E-state index contributed by atoms with van der Waals surface area (Å²) >= 11 is 0. The molecule has 6 rings (SSSR count). The Bertz CT molecular complexity index is 2100. The number of fused-ring (bicyclic) bond motifs is 1. The van der Waals surface area contributed by atoms with Crippen molar-refractivity contribution in [1.29, 1.82) is 5.26 Å². The average Bonchev–Trinajstić information content (AvgIpc) is 3.37. The number of sulfonamides is 1. The first kappa shape index (κ1) is 38.1. The Labute approximate surface area is 313 Å². The number of benzene rings is 2. The van der Waals surface area contributed by atoms with Crippen molar-refractivity contribution < 1.29 is 46.5 Å². The monoisotopic (exact) mass is 762 g/mol. The van der Waals surface area contributed by atoms with Gasteiger partial charge >= 0.3 is 12.2 Å². The van der Waals surface area contributed by atoms with Crippen LogP contribution in [0.25, 0.3) is 0 Å². The highest BCUT2D eigenvalue weighted by molar-refractivity contribution is 7.93. The van der Waals surface area contributed by atoms with Crippen molar-refractivity contribution in [3.63, 3.8) is 0 Å². The molecular weight excluding hydrogens is 721 g/mol. The Morgan fingerprint density at radius 3 is 2.31 bits per heavy atom. The molecule has 3 aromatic rings. The van der Waals surface area contributed by atoms with Gasteiger partial charge in [-0.2, -0.15) is 9.57 Å². The van der Waals surface area contributed by atoms with Crippen molar-refractivity contribution in [2.75, 3.05) is 64.4 Å². The van der Waals surface area contributed by atoms with E-state index in [-0.39, 0.29) is 70.7 Å². The summed E-state index contributed by atoms with van der Waals surface area (Å²) in [5.41, 5.74) is -3.22. The fourth-order valence-corrected chi connectivity index (χ4v) is 8.31. The second-order valence-corrected chi connectivity index (χ2v) is 15.6. The Morgan fingerprint density at radius 2 is 1.69 bits per heavy atom. The lowest BCUT2D eigenvalue weighted by molar-refractivity contribution is -0.132. The summed E-state index contributed by atoms with van der Waals surface area (Å²) in [5.74, 6) is -1.000. The number of amides is 3. The first-order valence-corrected chi connectivity index (χ1v) is 18.8. The lowest BCUT2D eigenvalue weighted by atomic mass is 9.87. The molecule has 1 unspecified atom stereocenters. The van der Waals surface area contributed by atoms with E-state index in [1.807, 2.05) is 26.8 Å². The molecule has 2 fully saturated rings. The number of rotatable bonds is 9. The van der Waals surface area contributed by atoms with Crippen molar-refractivity contribution in [2.45, 2.75) is 49.8 Å². The van der Waals surface area contributed by atoms with Crippen molar-refractivity contribution >= 4 is 33.8 Å². The van der Waals surface area contributed by atoms with E-state index in [9.17, 15) is 23.3 Å². The molecule has 0 saturated carbocycles. The van der Waals surface area contributed by atoms with Gasteiger partial charge in [0.15, 0.2) is 0 Å². The maximum Gasteiger partial charge on any atom is 0.411 e. The standard InChI is InChI=1S/C37H42N6O10S/c1-7-51-32-27(9-8-14-39-32)37(53-34(45)41-17-15-40(16-18-41)25-22-42(23-25)35(46)52-36(2,3)4)28-19-24(21-38)10-12-29(28)43(33(37)44)54(47,48)31-13-11-26(49-5)20-30(31)50-6/h8-14,19-20,25H,7,15-18,22-23H2,1-6H3. The van der Waals surface area contributed by atoms with Crippen molar-refractivity contribution in [2.24, 2.45) is 0 Å². The molecule has 2 saturated heterocycles. The molecule has 0 bridgehead atoms. The number of aromatic nitrogens is 1. The van der Waals surface area contributed by atoms with Crippen LogP contribution >= 0.6 is 0 Å². The number of nitriles is 1. The summed E-state index contributed by atoms with van der Waals surface area (Å²) < 4.78 is 58.0. The Morgan fingerprint density at radius 1 is 0.963 bits per heavy atom. The second kappa shape index (κ2) is 14.7. The molecule has 286 valence electrons. The number of ether oxygens (including phenoxy) is 5. The van der Waals surface area contributed by atoms with Crippen molar-refractivity contribution in [3.8, 4) is 23.4 Å². The number of methoxy groups -OCH3 is 2. The highest BCUT2D eigenvalue weighted by Crippen LogP contribution is 2.52. The number of piperazine rings is 1. The van der Waals surface area contributed by atoms with E-state index in [2.05, 4.69) is 9.88 Å². The zero-order valence-corrected chi connectivity index (χ0v) is 31.7. The van der Waals surface area contributed by atoms with Gasteiger partial charge in [0, 0.05) is 63.1 Å². The van der Waals surface area contributed by atoms with E-state index in [1.54, 1.807) is 11.8 Å². The molecule has 17 heteroatoms. The minimum absolute atomic E-state index is 0.0312. The molecule has 3 aliphatic heterocycles. The Hall–Kier alpha value is -5.60. The first-order chi connectivity index (χ1) is 25.7. The largest absolute Gasteiger partial charge is 0.497 e. The highest BCUT2D eigenvalue weighted by atomic mass is 32.2. The predicted octanol–water partition coefficient (Wildman–Crippen LogP) is 3.72. The molecule has 0 aliphatic carbocycles. The summed E-state index contributed by atoms with van der Waals surface area (Å²) in [6.07, 6.45) is 0.152. The summed E-state index contributed by atoms with van der Waals surface area (Å²) in [6, 6.07) is 13.1. The van der Waals surface area contributed by atoms with Crippen LogP contribution in [0.1, 0.15) is 44.4 Å². The number of carbonyl (C=O) groups is 3. The first-order valence-electron chi connectivity index (χ1n) is 17.3. The topological polar surface area (TPSA) is 181 Å². The number of carbonyl (C=O) groups excluding carboxylic acids is 3. The molecule has 2 aromatic carbocycles. The Kier molecular flexibility index (Phi) is 10.4. The number of pyridine rings is 1. The van der Waals surface area contributed by atoms with Crippen LogP contribution in [0.3, 0.4) is 0 Å². The highest BCUT2D eigenvalue weighted by Gasteiger charge is 2.61. The molecule has 1 atom stereocenters. The molecule has 0 N–H and O–H groups in total. The van der Waals surface area contributed by atoms with Gasteiger partial charge in [0.1, 0.15) is 22.0 Å². The fourth-order valence-electron chi connectivity index (χ4n) is 6.71. The van der Waals surface area contributed by atoms with Crippen LogP contribution in [0.5, 0.6) is 17.4 Å². The van der Waals surface area contributed by atoms with E-state index >= 15 is 4.79 Å². The summed E-state index contributed by atoms with van der Waals surface area (Å²) in [4.78, 5) is 51.1. The third-order valence-electron chi connectivity index (χ3n) is 9.37. The van der Waals surface area contributed by atoms with Gasteiger partial charge < -0.3 is 33.5 Å². The molecular formula is C37H42N6O10S. The van der Waals surface area contributed by atoms with Crippen LogP contribution in [0, 0.1) is 11.3 Å². The molecule has 3 aliphatic rings. The summed E-state index contributed by atoms with van der Waals surface area (Å²) in [7, 11) is -2.08. The Balaban J connectivity index is 1.36. The second-order valence-electron chi connectivity index (χ2n) is 13.8. The minimum Gasteiger partial charge on any atom is -0.497 e. The van der Waals surface area contributed by atoms with Gasteiger partial charge in [0.05, 0.1) is 43.7 Å². The molecule has 1 aromatic heterocycles. The zero-order chi connectivity index (χ0) is 39.0. The third-order valence-corrected chi connectivity index (χ3v) is 11.1. The van der Waals surface area contributed by atoms with Crippen LogP contribution in [0.4, 0.5) is 15.3 Å². The average molecular weight is 763 g/mol. The lowest BCUT2D eigenvalue weighted by Gasteiger charge is -2.47. The molecule has 4 heterocycles. The quantitative estimate of drug-likeness (QED) is 0.308. The van der Waals surface area contributed by atoms with Crippen LogP contribution in [-0.2, 0) is 29.9 Å². The normalized spacial score (nSPS) is 19.1. The third kappa shape index (κ3) is 6.82. The van der Waals surface area contributed by atoms with E-state index in [4.69, 9.17) is 23.7 Å². The molecule has 54 heavy (non-hydrogen) atoms. The predicted molar refractivity (Wildman–Crippen MR) is 193 cm³/mol. The van der Waals surface area contributed by atoms with Crippen LogP contribution in [-0.4, -0.2) is 118 Å². The van der Waals surface area contributed by atoms with E-state index in [0.717, 1.165) is 0 Å². The van der Waals surface area contributed by atoms with E-state index < -0.39 is 33.2 Å². The maximum absolute atomic E-state index is 15.1. The van der Waals surface area contributed by atoms with Gasteiger partial charge in [-0.05, 0) is 70.2 Å². The number of likely N-dealkylation sites (tertiary alicyclic amines) is 1. The van der Waals surface area contributed by atoms with E-state index in [1.165, 1.54) is 73.8 Å². The molecule has 3 amide bonds. The van der Waals surface area contributed by atoms with Gasteiger partial charge in [-0.25, -0.2) is 23.0 Å². The van der Waals surface area contributed by atoms with Gasteiger partial charge in [-0.15, -0.1) is 0 Å². The fraction of sp³-hybridized carbons (Fsp3) is 0.432. The van der Waals surface area contributed by atoms with Crippen LogP contribution in [0.2, 0.25) is 0 Å². The van der Waals surface area contributed by atoms with Gasteiger partial charge in [-0.1, -0.05) is 0 Å².